The standard InChI is InChI=1S/C14H17ClO4/c1-17-11-5-4-10(13(15)8-11)7-14(16)19-9-12-3-2-6-18-12/h4-5,8,12H,2-3,6-7,9H2,1H3/t12-/m1/s1. The number of carbonyl (C=O) groups excluding carboxylic acids is 1. The van der Waals surface area contributed by atoms with E-state index in [9.17, 15) is 4.79 Å². The zero-order chi connectivity index (χ0) is 13.7. The molecule has 0 amide bonds. The van der Waals surface area contributed by atoms with E-state index in [4.69, 9.17) is 25.8 Å². The van der Waals surface area contributed by atoms with Crippen molar-refractivity contribution in [1.29, 1.82) is 0 Å². The van der Waals surface area contributed by atoms with Crippen LogP contribution >= 0.6 is 11.6 Å². The van der Waals surface area contributed by atoms with E-state index in [2.05, 4.69) is 0 Å². The molecule has 104 valence electrons. The summed E-state index contributed by atoms with van der Waals surface area (Å²) in [5.41, 5.74) is 0.736. The highest BCUT2D eigenvalue weighted by atomic mass is 35.5. The number of methoxy groups -OCH3 is 1. The number of hydrogen-bond acceptors (Lipinski definition) is 4. The molecule has 1 heterocycles. The number of carbonyl (C=O) groups is 1. The average Bonchev–Trinajstić information content (AvgIpc) is 2.92. The molecule has 5 heteroatoms. The van der Waals surface area contributed by atoms with E-state index < -0.39 is 0 Å². The van der Waals surface area contributed by atoms with Crippen LogP contribution in [-0.2, 0) is 20.7 Å². The lowest BCUT2D eigenvalue weighted by molar-refractivity contribution is -0.146. The molecule has 1 saturated heterocycles. The van der Waals surface area contributed by atoms with Gasteiger partial charge >= 0.3 is 5.97 Å². The summed E-state index contributed by atoms with van der Waals surface area (Å²) in [7, 11) is 1.57. The maximum absolute atomic E-state index is 11.7. The number of esters is 1. The highest BCUT2D eigenvalue weighted by Gasteiger charge is 2.18. The Bertz CT molecular complexity index is 441. The van der Waals surface area contributed by atoms with Gasteiger partial charge in [0.15, 0.2) is 0 Å². The van der Waals surface area contributed by atoms with Crippen LogP contribution in [-0.4, -0.2) is 32.4 Å². The molecule has 0 aliphatic carbocycles. The molecule has 0 spiro atoms. The Morgan fingerprint density at radius 2 is 2.37 bits per heavy atom. The van der Waals surface area contributed by atoms with Crippen molar-refractivity contribution in [2.45, 2.75) is 25.4 Å². The van der Waals surface area contributed by atoms with Crippen LogP contribution in [0.5, 0.6) is 5.75 Å². The first-order valence-corrected chi connectivity index (χ1v) is 6.66. The van der Waals surface area contributed by atoms with Gasteiger partial charge in [0.2, 0.25) is 0 Å². The molecule has 0 N–H and O–H groups in total. The summed E-state index contributed by atoms with van der Waals surface area (Å²) in [6, 6.07) is 5.23. The summed E-state index contributed by atoms with van der Waals surface area (Å²) >= 11 is 6.07. The quantitative estimate of drug-likeness (QED) is 0.780. The lowest BCUT2D eigenvalue weighted by atomic mass is 10.1. The normalized spacial score (nSPS) is 18.3. The zero-order valence-corrected chi connectivity index (χ0v) is 11.6. The molecule has 0 aromatic heterocycles. The molecular weight excluding hydrogens is 268 g/mol. The van der Waals surface area contributed by atoms with Crippen LogP contribution < -0.4 is 4.74 Å². The fourth-order valence-corrected chi connectivity index (χ4v) is 2.20. The van der Waals surface area contributed by atoms with Gasteiger partial charge in [0, 0.05) is 11.6 Å². The summed E-state index contributed by atoms with van der Waals surface area (Å²) in [6.07, 6.45) is 2.20. The van der Waals surface area contributed by atoms with Gasteiger partial charge in [-0.05, 0) is 30.5 Å². The van der Waals surface area contributed by atoms with Gasteiger partial charge in [0.1, 0.15) is 12.4 Å². The molecule has 4 nitrogen and oxygen atoms in total. The Hall–Kier alpha value is -1.26. The first-order valence-electron chi connectivity index (χ1n) is 6.28. The van der Waals surface area contributed by atoms with Crippen molar-refractivity contribution < 1.29 is 19.0 Å². The minimum atomic E-state index is -0.289. The van der Waals surface area contributed by atoms with E-state index >= 15 is 0 Å². The second-order valence-corrected chi connectivity index (χ2v) is 4.86. The monoisotopic (exact) mass is 284 g/mol. The van der Waals surface area contributed by atoms with Gasteiger partial charge in [0.05, 0.1) is 19.6 Å². The van der Waals surface area contributed by atoms with Crippen molar-refractivity contribution in [3.8, 4) is 5.75 Å². The molecule has 1 aliphatic rings. The molecule has 1 aromatic rings. The van der Waals surface area contributed by atoms with Crippen LogP contribution in [0.15, 0.2) is 18.2 Å². The first kappa shape index (κ1) is 14.2. The van der Waals surface area contributed by atoms with Crippen LogP contribution in [0.1, 0.15) is 18.4 Å². The van der Waals surface area contributed by atoms with Crippen molar-refractivity contribution in [3.63, 3.8) is 0 Å². The molecule has 0 saturated carbocycles. The van der Waals surface area contributed by atoms with Crippen LogP contribution in [0.2, 0.25) is 5.02 Å². The van der Waals surface area contributed by atoms with Crippen molar-refractivity contribution in [3.05, 3.63) is 28.8 Å². The molecule has 2 rings (SSSR count). The SMILES string of the molecule is COc1ccc(CC(=O)OC[C@H]2CCCO2)c(Cl)c1. The largest absolute Gasteiger partial charge is 0.497 e. The highest BCUT2D eigenvalue weighted by Crippen LogP contribution is 2.23. The smallest absolute Gasteiger partial charge is 0.310 e. The molecule has 19 heavy (non-hydrogen) atoms. The average molecular weight is 285 g/mol. The Morgan fingerprint density at radius 3 is 3.00 bits per heavy atom. The van der Waals surface area contributed by atoms with Gasteiger partial charge in [-0.1, -0.05) is 17.7 Å². The predicted octanol–water partition coefficient (Wildman–Crippen LogP) is 2.61. The number of ether oxygens (including phenoxy) is 3. The fraction of sp³-hybridized carbons (Fsp3) is 0.500. The number of halogens is 1. The second-order valence-electron chi connectivity index (χ2n) is 4.45. The lowest BCUT2D eigenvalue weighted by Gasteiger charge is -2.11. The van der Waals surface area contributed by atoms with Crippen LogP contribution in [0.3, 0.4) is 0 Å². The molecular formula is C14H17ClO4. The molecule has 1 aliphatic heterocycles. The maximum atomic E-state index is 11.7. The van der Waals surface area contributed by atoms with Gasteiger partial charge in [0.25, 0.3) is 0 Å². The van der Waals surface area contributed by atoms with Crippen LogP contribution in [0.4, 0.5) is 0 Å². The molecule has 1 fully saturated rings. The van der Waals surface area contributed by atoms with Gasteiger partial charge in [-0.3, -0.25) is 4.79 Å². The van der Waals surface area contributed by atoms with E-state index in [1.807, 2.05) is 0 Å². The number of rotatable bonds is 5. The van der Waals surface area contributed by atoms with Gasteiger partial charge < -0.3 is 14.2 Å². The summed E-state index contributed by atoms with van der Waals surface area (Å²) in [5, 5.41) is 0.508. The van der Waals surface area contributed by atoms with Gasteiger partial charge in [-0.25, -0.2) is 0 Å². The zero-order valence-electron chi connectivity index (χ0n) is 10.9. The highest BCUT2D eigenvalue weighted by molar-refractivity contribution is 6.31. The molecule has 0 radical (unpaired) electrons. The van der Waals surface area contributed by atoms with Crippen molar-refractivity contribution in [2.75, 3.05) is 20.3 Å². The minimum absolute atomic E-state index is 0.0512. The minimum Gasteiger partial charge on any atom is -0.497 e. The molecule has 0 unspecified atom stereocenters. The summed E-state index contributed by atoms with van der Waals surface area (Å²) in [4.78, 5) is 11.7. The Balaban J connectivity index is 1.84. The van der Waals surface area contributed by atoms with Crippen molar-refractivity contribution in [2.24, 2.45) is 0 Å². The van der Waals surface area contributed by atoms with E-state index in [1.165, 1.54) is 0 Å². The van der Waals surface area contributed by atoms with Crippen molar-refractivity contribution in [1.82, 2.24) is 0 Å². The third kappa shape index (κ3) is 4.11. The lowest BCUT2D eigenvalue weighted by Crippen LogP contribution is -2.19. The summed E-state index contributed by atoms with van der Waals surface area (Å²) in [5.74, 6) is 0.379. The van der Waals surface area contributed by atoms with Gasteiger partial charge in [-0.2, -0.15) is 0 Å². The molecule has 1 aromatic carbocycles. The fourth-order valence-electron chi connectivity index (χ4n) is 1.97. The Kier molecular flexibility index (Phi) is 5.05. The van der Waals surface area contributed by atoms with Crippen LogP contribution in [0.25, 0.3) is 0 Å². The summed E-state index contributed by atoms with van der Waals surface area (Å²) in [6.45, 7) is 1.08. The second kappa shape index (κ2) is 6.78. The van der Waals surface area contributed by atoms with Crippen molar-refractivity contribution >= 4 is 17.6 Å². The molecule has 0 bridgehead atoms. The first-order chi connectivity index (χ1) is 9.19. The van der Waals surface area contributed by atoms with Gasteiger partial charge in [-0.15, -0.1) is 0 Å². The van der Waals surface area contributed by atoms with E-state index in [0.29, 0.717) is 17.4 Å². The third-order valence-corrected chi connectivity index (χ3v) is 3.40. The topological polar surface area (TPSA) is 44.8 Å². The van der Waals surface area contributed by atoms with E-state index in [-0.39, 0.29) is 18.5 Å². The Labute approximate surface area is 117 Å². The van der Waals surface area contributed by atoms with E-state index in [1.54, 1.807) is 25.3 Å². The summed E-state index contributed by atoms with van der Waals surface area (Å²) < 4.78 is 15.6. The van der Waals surface area contributed by atoms with E-state index in [0.717, 1.165) is 25.0 Å². The number of hydrogen-bond donors (Lipinski definition) is 0. The Morgan fingerprint density at radius 1 is 1.53 bits per heavy atom. The maximum Gasteiger partial charge on any atom is 0.310 e. The predicted molar refractivity (Wildman–Crippen MR) is 71.6 cm³/mol. The molecule has 1 atom stereocenters. The number of benzene rings is 1. The van der Waals surface area contributed by atoms with Crippen LogP contribution in [0, 0.1) is 0 Å². The third-order valence-electron chi connectivity index (χ3n) is 3.05.